The van der Waals surface area contributed by atoms with Gasteiger partial charge >= 0.3 is 0 Å². The van der Waals surface area contributed by atoms with Crippen LogP contribution in [0.5, 0.6) is 0 Å². The first-order valence-corrected chi connectivity index (χ1v) is 5.59. The molecule has 0 saturated carbocycles. The van der Waals surface area contributed by atoms with Crippen molar-refractivity contribution in [3.63, 3.8) is 0 Å². The molecule has 2 heterocycles. The highest BCUT2D eigenvalue weighted by Crippen LogP contribution is 2.11. The lowest BCUT2D eigenvalue weighted by atomic mass is 10.1. The van der Waals surface area contributed by atoms with E-state index in [-0.39, 0.29) is 5.91 Å². The average Bonchev–Trinajstić information content (AvgIpc) is 2.46. The lowest BCUT2D eigenvalue weighted by Crippen LogP contribution is -2.48. The van der Waals surface area contributed by atoms with Crippen LogP contribution in [-0.4, -0.2) is 53.3 Å². The highest BCUT2D eigenvalue weighted by Gasteiger charge is 2.23. The van der Waals surface area contributed by atoms with Crippen LogP contribution >= 0.6 is 0 Å². The van der Waals surface area contributed by atoms with Crippen molar-refractivity contribution >= 4 is 12.3 Å². The second-order valence-corrected chi connectivity index (χ2v) is 3.97. The van der Waals surface area contributed by atoms with Gasteiger partial charge in [-0.1, -0.05) is 0 Å². The monoisotopic (exact) mass is 244 g/mol. The summed E-state index contributed by atoms with van der Waals surface area (Å²) in [6.45, 7) is 2.02. The second-order valence-electron chi connectivity index (χ2n) is 3.97. The van der Waals surface area contributed by atoms with Crippen LogP contribution in [-0.2, 0) is 4.79 Å². The number of piperazine rings is 1. The maximum Gasteiger partial charge on any atom is 0.256 e. The van der Waals surface area contributed by atoms with Crippen molar-refractivity contribution in [2.24, 2.45) is 0 Å². The van der Waals surface area contributed by atoms with Gasteiger partial charge in [-0.15, -0.1) is 0 Å². The molecule has 2 amide bonds. The fourth-order valence-corrected chi connectivity index (χ4v) is 1.86. The zero-order valence-corrected chi connectivity index (χ0v) is 9.74. The van der Waals surface area contributed by atoms with Gasteiger partial charge in [0.25, 0.3) is 5.91 Å². The Balaban J connectivity index is 2.13. The SMILES string of the molecule is N#Cc1ccncc1C(=O)N1CCN(C=O)CC1. The summed E-state index contributed by atoms with van der Waals surface area (Å²) in [5, 5.41) is 8.94. The van der Waals surface area contributed by atoms with Gasteiger partial charge in [0.15, 0.2) is 0 Å². The van der Waals surface area contributed by atoms with Crippen molar-refractivity contribution in [1.82, 2.24) is 14.8 Å². The smallest absolute Gasteiger partial charge is 0.256 e. The van der Waals surface area contributed by atoms with Gasteiger partial charge in [0.1, 0.15) is 6.07 Å². The Morgan fingerprint density at radius 3 is 2.72 bits per heavy atom. The van der Waals surface area contributed by atoms with Crippen molar-refractivity contribution in [3.05, 3.63) is 29.6 Å². The van der Waals surface area contributed by atoms with E-state index in [1.807, 2.05) is 6.07 Å². The van der Waals surface area contributed by atoms with Crippen LogP contribution in [0.2, 0.25) is 0 Å². The molecule has 0 spiro atoms. The van der Waals surface area contributed by atoms with Gasteiger partial charge in [0.05, 0.1) is 11.1 Å². The Morgan fingerprint density at radius 1 is 1.39 bits per heavy atom. The number of aromatic nitrogens is 1. The predicted molar refractivity (Wildman–Crippen MR) is 62.5 cm³/mol. The van der Waals surface area contributed by atoms with Gasteiger partial charge in [0.2, 0.25) is 6.41 Å². The van der Waals surface area contributed by atoms with E-state index >= 15 is 0 Å². The van der Waals surface area contributed by atoms with Crippen molar-refractivity contribution in [3.8, 4) is 6.07 Å². The molecule has 2 rings (SSSR count). The quantitative estimate of drug-likeness (QED) is 0.679. The Bertz CT molecular complexity index is 501. The van der Waals surface area contributed by atoms with E-state index in [0.717, 1.165) is 6.41 Å². The largest absolute Gasteiger partial charge is 0.342 e. The van der Waals surface area contributed by atoms with Gasteiger partial charge in [-0.2, -0.15) is 5.26 Å². The molecule has 1 aromatic heterocycles. The van der Waals surface area contributed by atoms with E-state index in [1.165, 1.54) is 18.5 Å². The van der Waals surface area contributed by atoms with Crippen LogP contribution < -0.4 is 0 Å². The van der Waals surface area contributed by atoms with Gasteiger partial charge in [-0.05, 0) is 6.07 Å². The molecule has 0 radical (unpaired) electrons. The summed E-state index contributed by atoms with van der Waals surface area (Å²) >= 11 is 0. The molecule has 1 fully saturated rings. The maximum atomic E-state index is 12.2. The molecular weight excluding hydrogens is 232 g/mol. The van der Waals surface area contributed by atoms with Gasteiger partial charge in [-0.3, -0.25) is 14.6 Å². The lowest BCUT2D eigenvalue weighted by molar-refractivity contribution is -0.119. The van der Waals surface area contributed by atoms with Crippen LogP contribution in [0.25, 0.3) is 0 Å². The topological polar surface area (TPSA) is 77.3 Å². The summed E-state index contributed by atoms with van der Waals surface area (Å²) in [4.78, 5) is 29.9. The Kier molecular flexibility index (Phi) is 3.53. The van der Waals surface area contributed by atoms with Crippen LogP contribution in [0.1, 0.15) is 15.9 Å². The normalized spacial score (nSPS) is 15.1. The summed E-state index contributed by atoms with van der Waals surface area (Å²) in [5.41, 5.74) is 0.646. The van der Waals surface area contributed by atoms with E-state index < -0.39 is 0 Å². The molecule has 6 nitrogen and oxygen atoms in total. The summed E-state index contributed by atoms with van der Waals surface area (Å²) in [5.74, 6) is -0.204. The van der Waals surface area contributed by atoms with E-state index in [4.69, 9.17) is 5.26 Å². The Hall–Kier alpha value is -2.42. The zero-order chi connectivity index (χ0) is 13.0. The number of carbonyl (C=O) groups excluding carboxylic acids is 2. The molecule has 0 N–H and O–H groups in total. The number of pyridine rings is 1. The van der Waals surface area contributed by atoms with Crippen LogP contribution in [0.3, 0.4) is 0 Å². The third kappa shape index (κ3) is 2.30. The molecule has 1 aliphatic rings. The first kappa shape index (κ1) is 12.0. The molecule has 18 heavy (non-hydrogen) atoms. The van der Waals surface area contributed by atoms with E-state index in [0.29, 0.717) is 37.3 Å². The molecule has 0 unspecified atom stereocenters. The van der Waals surface area contributed by atoms with Crippen LogP contribution in [0, 0.1) is 11.3 Å². The number of nitriles is 1. The molecule has 1 aliphatic heterocycles. The van der Waals surface area contributed by atoms with Gasteiger partial charge < -0.3 is 9.80 Å². The first-order valence-electron chi connectivity index (χ1n) is 5.59. The van der Waals surface area contributed by atoms with Crippen molar-refractivity contribution in [2.75, 3.05) is 26.2 Å². The lowest BCUT2D eigenvalue weighted by Gasteiger charge is -2.32. The third-order valence-electron chi connectivity index (χ3n) is 2.92. The van der Waals surface area contributed by atoms with Gasteiger partial charge in [-0.25, -0.2) is 0 Å². The minimum atomic E-state index is -0.204. The third-order valence-corrected chi connectivity index (χ3v) is 2.92. The van der Waals surface area contributed by atoms with Crippen LogP contribution in [0.4, 0.5) is 0 Å². The van der Waals surface area contributed by atoms with E-state index in [9.17, 15) is 9.59 Å². The number of rotatable bonds is 2. The predicted octanol–water partition coefficient (Wildman–Crippen LogP) is -0.133. The number of carbonyl (C=O) groups is 2. The average molecular weight is 244 g/mol. The minimum Gasteiger partial charge on any atom is -0.342 e. The molecule has 0 bridgehead atoms. The Labute approximate surface area is 104 Å². The standard InChI is InChI=1S/C12H12N4O2/c13-7-10-1-2-14-8-11(10)12(18)16-5-3-15(9-17)4-6-16/h1-2,8-9H,3-6H2. The molecule has 0 atom stereocenters. The van der Waals surface area contributed by atoms with Gasteiger partial charge in [0, 0.05) is 38.6 Å². The fraction of sp³-hybridized carbons (Fsp3) is 0.333. The summed E-state index contributed by atoms with van der Waals surface area (Å²) < 4.78 is 0. The zero-order valence-electron chi connectivity index (χ0n) is 9.74. The number of amides is 2. The fourth-order valence-electron chi connectivity index (χ4n) is 1.86. The van der Waals surface area contributed by atoms with E-state index in [1.54, 1.807) is 9.80 Å². The highest BCUT2D eigenvalue weighted by atomic mass is 16.2. The summed E-state index contributed by atoms with van der Waals surface area (Å²) in [6, 6.07) is 3.50. The van der Waals surface area contributed by atoms with Crippen LogP contribution in [0.15, 0.2) is 18.5 Å². The number of hydrogen-bond acceptors (Lipinski definition) is 4. The summed E-state index contributed by atoms with van der Waals surface area (Å²) in [7, 11) is 0. The van der Waals surface area contributed by atoms with Crippen molar-refractivity contribution in [1.29, 1.82) is 5.26 Å². The number of hydrogen-bond donors (Lipinski definition) is 0. The molecule has 92 valence electrons. The number of nitrogens with zero attached hydrogens (tertiary/aromatic N) is 4. The molecule has 0 aliphatic carbocycles. The molecular formula is C12H12N4O2. The second kappa shape index (κ2) is 5.27. The molecule has 6 heteroatoms. The minimum absolute atomic E-state index is 0.204. The van der Waals surface area contributed by atoms with Crippen molar-refractivity contribution < 1.29 is 9.59 Å². The molecule has 1 aromatic rings. The Morgan fingerprint density at radius 2 is 2.11 bits per heavy atom. The van der Waals surface area contributed by atoms with E-state index in [2.05, 4.69) is 4.98 Å². The molecule has 1 saturated heterocycles. The highest BCUT2D eigenvalue weighted by molar-refractivity contribution is 5.96. The first-order chi connectivity index (χ1) is 8.76. The van der Waals surface area contributed by atoms with Crippen molar-refractivity contribution in [2.45, 2.75) is 0 Å². The summed E-state index contributed by atoms with van der Waals surface area (Å²) in [6.07, 6.45) is 3.68. The maximum absolute atomic E-state index is 12.2. The molecule has 0 aromatic carbocycles.